The first-order valence-electron chi connectivity index (χ1n) is 12.1. The van der Waals surface area contributed by atoms with E-state index in [9.17, 15) is 28.7 Å². The van der Waals surface area contributed by atoms with Gasteiger partial charge in [-0.25, -0.2) is 14.2 Å². The van der Waals surface area contributed by atoms with Gasteiger partial charge in [0.05, 0.1) is 0 Å². The second-order valence-corrected chi connectivity index (χ2v) is 9.57. The summed E-state index contributed by atoms with van der Waals surface area (Å²) in [6.07, 6.45) is 2.34. The average molecular weight is 516 g/mol. The summed E-state index contributed by atoms with van der Waals surface area (Å²) < 4.78 is 19.6. The van der Waals surface area contributed by atoms with E-state index in [1.54, 1.807) is 0 Å². The molecular weight excluding hydrogens is 485 g/mol. The summed E-state index contributed by atoms with van der Waals surface area (Å²) in [5.41, 5.74) is -0.360. The highest BCUT2D eigenvalue weighted by molar-refractivity contribution is 6.32. The van der Waals surface area contributed by atoms with E-state index in [-0.39, 0.29) is 36.7 Å². The monoisotopic (exact) mass is 515 g/mol. The summed E-state index contributed by atoms with van der Waals surface area (Å²) in [4.78, 5) is 54.8. The topological polar surface area (TPSA) is 143 Å². The number of aromatic hydroxyl groups is 1. The van der Waals surface area contributed by atoms with Crippen molar-refractivity contribution in [2.45, 2.75) is 44.3 Å². The quantitative estimate of drug-likeness (QED) is 0.275. The van der Waals surface area contributed by atoms with Gasteiger partial charge in [0.25, 0.3) is 11.5 Å². The van der Waals surface area contributed by atoms with Gasteiger partial charge in [-0.3, -0.25) is 19.0 Å². The van der Waals surface area contributed by atoms with Gasteiger partial charge in [-0.1, -0.05) is 12.1 Å². The molecule has 2 bridgehead atoms. The molecule has 198 valence electrons. The van der Waals surface area contributed by atoms with E-state index in [4.69, 9.17) is 4.74 Å². The van der Waals surface area contributed by atoms with E-state index in [1.807, 2.05) is 0 Å². The zero-order valence-electron chi connectivity index (χ0n) is 20.7. The fourth-order valence-corrected chi connectivity index (χ4v) is 4.90. The molecule has 3 heterocycles. The van der Waals surface area contributed by atoms with Gasteiger partial charge in [-0.05, 0) is 42.9 Å². The minimum atomic E-state index is -0.931. The number of ether oxygens (including phenoxy) is 1. The van der Waals surface area contributed by atoms with Gasteiger partial charge in [0.15, 0.2) is 5.69 Å². The predicted octanol–water partition coefficient (Wildman–Crippen LogP) is 0.505. The molecule has 0 saturated heterocycles. The molecule has 3 atom stereocenters. The first-order valence-corrected chi connectivity index (χ1v) is 12.1. The molecule has 11 nitrogen and oxygen atoms in total. The lowest BCUT2D eigenvalue weighted by Gasteiger charge is -2.32. The number of nitrogens with one attached hydrogen (secondary N) is 2. The third-order valence-corrected chi connectivity index (χ3v) is 6.81. The highest BCUT2D eigenvalue weighted by Crippen LogP contribution is 2.39. The molecule has 0 radical (unpaired) electrons. The Bertz CT molecular complexity index is 1250. The summed E-state index contributed by atoms with van der Waals surface area (Å²) >= 11 is 0. The Labute approximate surface area is 212 Å². The number of carbonyl (C=O) groups is 3. The largest absolute Gasteiger partial charge is 0.501 e. The number of benzene rings is 1. The molecule has 3 aliphatic rings. The maximum absolute atomic E-state index is 13.1. The molecule has 1 aliphatic carbocycles. The molecule has 12 heteroatoms. The van der Waals surface area contributed by atoms with E-state index in [2.05, 4.69) is 15.6 Å². The van der Waals surface area contributed by atoms with Crippen LogP contribution in [-0.2, 0) is 27.4 Å². The van der Waals surface area contributed by atoms with Gasteiger partial charge in [0, 0.05) is 45.7 Å². The number of amides is 2. The first kappa shape index (κ1) is 26.3. The molecule has 2 aromatic rings. The fourth-order valence-electron chi connectivity index (χ4n) is 4.90. The van der Waals surface area contributed by atoms with E-state index in [1.165, 1.54) is 42.9 Å². The maximum Gasteiger partial charge on any atom is 0.397 e. The zero-order chi connectivity index (χ0) is 26.7. The molecule has 0 spiro atoms. The number of nitrogens with zero attached hydrogens (tertiary/aromatic N) is 3. The smallest absolute Gasteiger partial charge is 0.397 e. The molecule has 1 fully saturated rings. The lowest BCUT2D eigenvalue weighted by atomic mass is 9.79. The summed E-state index contributed by atoms with van der Waals surface area (Å²) in [7, 11) is 2.93. The van der Waals surface area contributed by atoms with Gasteiger partial charge in [-0.2, -0.15) is 0 Å². The minimum absolute atomic E-state index is 0.000840. The van der Waals surface area contributed by atoms with Crippen LogP contribution in [0.2, 0.25) is 0 Å². The Morgan fingerprint density at radius 2 is 1.95 bits per heavy atom. The van der Waals surface area contributed by atoms with Crippen molar-refractivity contribution in [1.82, 2.24) is 25.1 Å². The lowest BCUT2D eigenvalue weighted by molar-refractivity contribution is -0.158. The summed E-state index contributed by atoms with van der Waals surface area (Å²) in [5, 5.41) is 16.5. The van der Waals surface area contributed by atoms with Gasteiger partial charge in [0.2, 0.25) is 5.75 Å². The van der Waals surface area contributed by atoms with Gasteiger partial charge in [0.1, 0.15) is 18.2 Å². The molecule has 3 N–H and O–H groups in total. The van der Waals surface area contributed by atoms with Crippen LogP contribution in [0.15, 0.2) is 29.1 Å². The number of aromatic nitrogens is 2. The molecular formula is C25H30FN5O6. The van der Waals surface area contributed by atoms with Crippen LogP contribution in [0.3, 0.4) is 0 Å². The molecule has 2 aliphatic heterocycles. The SMILES string of the molecule is CN(C)C(=O)C(=O)OCCNC1CC2CCC1c1nc(C(=O)NCc3ccc(F)cc3)c(O)c(=O)n1C2. The highest BCUT2D eigenvalue weighted by atomic mass is 19.1. The van der Waals surface area contributed by atoms with E-state index < -0.39 is 34.9 Å². The average Bonchev–Trinajstić information content (AvgIpc) is 3.15. The summed E-state index contributed by atoms with van der Waals surface area (Å²) in [6, 6.07) is 5.50. The Morgan fingerprint density at radius 1 is 1.22 bits per heavy atom. The van der Waals surface area contributed by atoms with Crippen LogP contribution in [0.25, 0.3) is 0 Å². The normalized spacial score (nSPS) is 20.0. The number of halogens is 1. The van der Waals surface area contributed by atoms with Crippen molar-refractivity contribution in [3.05, 3.63) is 57.5 Å². The molecule has 37 heavy (non-hydrogen) atoms. The second-order valence-electron chi connectivity index (χ2n) is 9.57. The number of carbonyl (C=O) groups excluding carboxylic acids is 3. The van der Waals surface area contributed by atoms with Crippen molar-refractivity contribution in [1.29, 1.82) is 0 Å². The van der Waals surface area contributed by atoms with Crippen LogP contribution in [0.5, 0.6) is 5.75 Å². The number of fused-ring (bicyclic) bond motifs is 2. The lowest BCUT2D eigenvalue weighted by Crippen LogP contribution is -2.41. The van der Waals surface area contributed by atoms with Gasteiger partial charge < -0.3 is 25.4 Å². The molecule has 1 aromatic heterocycles. The fraction of sp³-hybridized carbons (Fsp3) is 0.480. The van der Waals surface area contributed by atoms with Crippen molar-refractivity contribution in [2.24, 2.45) is 5.92 Å². The van der Waals surface area contributed by atoms with Crippen molar-refractivity contribution in [2.75, 3.05) is 27.2 Å². The third kappa shape index (κ3) is 5.79. The van der Waals surface area contributed by atoms with Crippen molar-refractivity contribution in [3.63, 3.8) is 0 Å². The Hall–Kier alpha value is -3.80. The Balaban J connectivity index is 1.47. The van der Waals surface area contributed by atoms with Crippen molar-refractivity contribution in [3.8, 4) is 5.75 Å². The molecule has 3 unspecified atom stereocenters. The first-order chi connectivity index (χ1) is 17.7. The number of likely N-dealkylation sites (N-methyl/N-ethyl adjacent to an activating group) is 1. The second kappa shape index (κ2) is 11.1. The zero-order valence-corrected chi connectivity index (χ0v) is 20.7. The highest BCUT2D eigenvalue weighted by Gasteiger charge is 2.39. The summed E-state index contributed by atoms with van der Waals surface area (Å²) in [5.74, 6) is -3.08. The number of rotatable bonds is 7. The van der Waals surface area contributed by atoms with Crippen LogP contribution in [0.4, 0.5) is 4.39 Å². The van der Waals surface area contributed by atoms with Crippen LogP contribution in [0.1, 0.15) is 47.1 Å². The third-order valence-electron chi connectivity index (χ3n) is 6.81. The van der Waals surface area contributed by atoms with Crippen LogP contribution < -0.4 is 16.2 Å². The summed E-state index contributed by atoms with van der Waals surface area (Å²) in [6.45, 7) is 0.753. The van der Waals surface area contributed by atoms with Gasteiger partial charge >= 0.3 is 11.9 Å². The number of esters is 1. The van der Waals surface area contributed by atoms with Crippen LogP contribution in [-0.4, -0.2) is 70.6 Å². The minimum Gasteiger partial charge on any atom is -0.501 e. The molecule has 2 amide bonds. The molecule has 5 rings (SSSR count). The van der Waals surface area contributed by atoms with E-state index in [0.29, 0.717) is 24.5 Å². The molecule has 1 aromatic carbocycles. The van der Waals surface area contributed by atoms with E-state index in [0.717, 1.165) is 24.2 Å². The van der Waals surface area contributed by atoms with Crippen LogP contribution in [0, 0.1) is 11.7 Å². The number of hydrogen-bond donors (Lipinski definition) is 3. The predicted molar refractivity (Wildman–Crippen MR) is 129 cm³/mol. The van der Waals surface area contributed by atoms with Gasteiger partial charge in [-0.15, -0.1) is 0 Å². The Morgan fingerprint density at radius 3 is 2.65 bits per heavy atom. The standard InChI is InChI=1S/C25H30FN5O6/c1-30(2)24(35)25(36)37-10-9-27-18-11-15-5-8-17(18)21-29-19(20(32)23(34)31(21)13-15)22(33)28-12-14-3-6-16(26)7-4-14/h3-4,6-7,15,17-18,27,32H,5,8-13H2,1-2H3,(H,28,33). The molecule has 1 saturated carbocycles. The van der Waals surface area contributed by atoms with Crippen LogP contribution >= 0.6 is 0 Å². The van der Waals surface area contributed by atoms with Crippen molar-refractivity contribution >= 4 is 17.8 Å². The maximum atomic E-state index is 13.1. The number of hydrogen-bond acceptors (Lipinski definition) is 8. The Kier molecular flexibility index (Phi) is 7.86. The van der Waals surface area contributed by atoms with Crippen molar-refractivity contribution < 1.29 is 28.6 Å². The van der Waals surface area contributed by atoms with E-state index >= 15 is 0 Å².